The van der Waals surface area contributed by atoms with Crippen LogP contribution in [0.2, 0.25) is 0 Å². The average Bonchev–Trinajstić information content (AvgIpc) is 2.89. The maximum atomic E-state index is 12.1. The van der Waals surface area contributed by atoms with Gasteiger partial charge in [-0.2, -0.15) is 0 Å². The Morgan fingerprint density at radius 3 is 2.83 bits per heavy atom. The predicted octanol–water partition coefficient (Wildman–Crippen LogP) is 2.42. The van der Waals surface area contributed by atoms with Crippen LogP contribution in [0.3, 0.4) is 0 Å². The largest absolute Gasteiger partial charge is 0.346 e. The van der Waals surface area contributed by atoms with Crippen molar-refractivity contribution in [2.24, 2.45) is 5.92 Å². The van der Waals surface area contributed by atoms with Crippen molar-refractivity contribution < 1.29 is 0 Å². The van der Waals surface area contributed by atoms with E-state index in [9.17, 15) is 4.79 Å². The zero-order valence-electron chi connectivity index (χ0n) is 10.7. The molecule has 94 valence electrons. The summed E-state index contributed by atoms with van der Waals surface area (Å²) in [6.45, 7) is 6.30. The average molecular weight is 244 g/mol. The third-order valence-electron chi connectivity index (χ3n) is 3.63. The standard InChI is InChI=1S/C13H16N4O/c1-7(2)8(3)17-11-9-4-5-14-12(9)15-6-10(11)16-13(17)18/h4-8H,1-3H3,(H,14,15)(H,16,18)/t8-/m0/s1. The molecule has 18 heavy (non-hydrogen) atoms. The van der Waals surface area contributed by atoms with Gasteiger partial charge in [-0.1, -0.05) is 13.8 Å². The molecule has 0 fully saturated rings. The topological polar surface area (TPSA) is 66.5 Å². The molecule has 1 atom stereocenters. The summed E-state index contributed by atoms with van der Waals surface area (Å²) in [5.74, 6) is 0.392. The lowest BCUT2D eigenvalue weighted by atomic mass is 10.1. The first-order valence-electron chi connectivity index (χ1n) is 6.16. The van der Waals surface area contributed by atoms with Crippen molar-refractivity contribution in [3.8, 4) is 0 Å². The Morgan fingerprint density at radius 1 is 1.33 bits per heavy atom. The summed E-state index contributed by atoms with van der Waals surface area (Å²) in [6.07, 6.45) is 3.55. The quantitative estimate of drug-likeness (QED) is 0.727. The number of imidazole rings is 1. The number of nitrogens with one attached hydrogen (secondary N) is 2. The number of aromatic amines is 2. The zero-order valence-corrected chi connectivity index (χ0v) is 10.7. The smallest absolute Gasteiger partial charge is 0.326 e. The van der Waals surface area contributed by atoms with E-state index in [1.165, 1.54) is 0 Å². The van der Waals surface area contributed by atoms with Crippen molar-refractivity contribution in [1.82, 2.24) is 19.5 Å². The molecule has 0 aliphatic rings. The summed E-state index contributed by atoms with van der Waals surface area (Å²) >= 11 is 0. The Morgan fingerprint density at radius 2 is 2.11 bits per heavy atom. The summed E-state index contributed by atoms with van der Waals surface area (Å²) in [6, 6.07) is 2.10. The van der Waals surface area contributed by atoms with E-state index in [0.717, 1.165) is 22.1 Å². The minimum absolute atomic E-state index is 0.0679. The summed E-state index contributed by atoms with van der Waals surface area (Å²) < 4.78 is 1.83. The molecule has 2 N–H and O–H groups in total. The molecule has 0 aliphatic carbocycles. The molecule has 0 bridgehead atoms. The minimum Gasteiger partial charge on any atom is -0.346 e. The van der Waals surface area contributed by atoms with Gasteiger partial charge in [-0.05, 0) is 18.9 Å². The Labute approximate surface area is 104 Å². The zero-order chi connectivity index (χ0) is 12.9. The monoisotopic (exact) mass is 244 g/mol. The summed E-state index contributed by atoms with van der Waals surface area (Å²) in [5, 5.41) is 0.985. The predicted molar refractivity (Wildman–Crippen MR) is 71.8 cm³/mol. The van der Waals surface area contributed by atoms with E-state index in [-0.39, 0.29) is 11.7 Å². The number of aromatic nitrogens is 4. The van der Waals surface area contributed by atoms with E-state index in [2.05, 4.69) is 35.7 Å². The van der Waals surface area contributed by atoms with Gasteiger partial charge < -0.3 is 9.97 Å². The lowest BCUT2D eigenvalue weighted by Crippen LogP contribution is -2.23. The van der Waals surface area contributed by atoms with Gasteiger partial charge in [0.2, 0.25) is 0 Å². The maximum absolute atomic E-state index is 12.1. The molecule has 0 radical (unpaired) electrons. The van der Waals surface area contributed by atoms with Crippen LogP contribution < -0.4 is 5.69 Å². The highest BCUT2D eigenvalue weighted by atomic mass is 16.1. The van der Waals surface area contributed by atoms with Crippen LogP contribution in [0.4, 0.5) is 0 Å². The normalized spacial score (nSPS) is 13.8. The molecule has 3 aromatic rings. The van der Waals surface area contributed by atoms with Crippen LogP contribution in [0.25, 0.3) is 22.1 Å². The van der Waals surface area contributed by atoms with Crippen LogP contribution in [0, 0.1) is 5.92 Å². The molecule has 0 spiro atoms. The van der Waals surface area contributed by atoms with E-state index >= 15 is 0 Å². The number of H-pyrrole nitrogens is 2. The van der Waals surface area contributed by atoms with Gasteiger partial charge in [0.25, 0.3) is 0 Å². The second-order valence-corrected chi connectivity index (χ2v) is 5.05. The van der Waals surface area contributed by atoms with Crippen LogP contribution >= 0.6 is 0 Å². The molecule has 0 saturated heterocycles. The first-order chi connectivity index (χ1) is 8.59. The highest BCUT2D eigenvalue weighted by molar-refractivity contribution is 6.00. The van der Waals surface area contributed by atoms with Gasteiger partial charge in [0.1, 0.15) is 5.65 Å². The second kappa shape index (κ2) is 3.73. The lowest BCUT2D eigenvalue weighted by Gasteiger charge is -2.17. The fourth-order valence-electron chi connectivity index (χ4n) is 2.31. The molecule has 3 heterocycles. The minimum atomic E-state index is -0.0679. The number of rotatable bonds is 2. The van der Waals surface area contributed by atoms with Crippen LogP contribution in [-0.4, -0.2) is 19.5 Å². The van der Waals surface area contributed by atoms with Gasteiger partial charge in [-0.25, -0.2) is 9.78 Å². The Kier molecular flexibility index (Phi) is 2.29. The van der Waals surface area contributed by atoms with Gasteiger partial charge in [0.05, 0.1) is 17.2 Å². The molecule has 0 aromatic carbocycles. The number of nitrogens with zero attached hydrogens (tertiary/aromatic N) is 2. The van der Waals surface area contributed by atoms with E-state index in [0.29, 0.717) is 5.92 Å². The van der Waals surface area contributed by atoms with Crippen molar-refractivity contribution in [1.29, 1.82) is 0 Å². The second-order valence-electron chi connectivity index (χ2n) is 5.05. The fourth-order valence-corrected chi connectivity index (χ4v) is 2.31. The molecule has 0 unspecified atom stereocenters. The van der Waals surface area contributed by atoms with Crippen LogP contribution in [0.15, 0.2) is 23.3 Å². The van der Waals surface area contributed by atoms with Gasteiger partial charge in [-0.3, -0.25) is 4.57 Å². The SMILES string of the molecule is CC(C)[C@H](C)n1c(=O)[nH]c2cnc3[nH]ccc3c21. The maximum Gasteiger partial charge on any atom is 0.326 e. The molecule has 0 saturated carbocycles. The molecular formula is C13H16N4O. The summed E-state index contributed by atoms with van der Waals surface area (Å²) in [4.78, 5) is 22.4. The number of hydrogen-bond acceptors (Lipinski definition) is 2. The highest BCUT2D eigenvalue weighted by Crippen LogP contribution is 2.25. The molecule has 3 aromatic heterocycles. The fraction of sp³-hybridized carbons (Fsp3) is 0.385. The van der Waals surface area contributed by atoms with E-state index in [4.69, 9.17) is 0 Å². The van der Waals surface area contributed by atoms with E-state index in [1.807, 2.05) is 16.8 Å². The first-order valence-corrected chi connectivity index (χ1v) is 6.16. The van der Waals surface area contributed by atoms with Gasteiger partial charge in [-0.15, -0.1) is 0 Å². The molecule has 0 aliphatic heterocycles. The summed E-state index contributed by atoms with van der Waals surface area (Å²) in [5.41, 5.74) is 2.47. The third-order valence-corrected chi connectivity index (χ3v) is 3.63. The van der Waals surface area contributed by atoms with Crippen LogP contribution in [-0.2, 0) is 0 Å². The third kappa shape index (κ3) is 1.40. The first kappa shape index (κ1) is 11.1. The molecule has 3 rings (SSSR count). The molecule has 0 amide bonds. The van der Waals surface area contributed by atoms with Crippen molar-refractivity contribution in [2.45, 2.75) is 26.8 Å². The van der Waals surface area contributed by atoms with E-state index in [1.54, 1.807) is 6.20 Å². The van der Waals surface area contributed by atoms with Crippen molar-refractivity contribution in [3.05, 3.63) is 28.9 Å². The number of hydrogen-bond donors (Lipinski definition) is 2. The van der Waals surface area contributed by atoms with Gasteiger partial charge in [0, 0.05) is 17.6 Å². The van der Waals surface area contributed by atoms with Crippen molar-refractivity contribution >= 4 is 22.1 Å². The van der Waals surface area contributed by atoms with E-state index < -0.39 is 0 Å². The van der Waals surface area contributed by atoms with Crippen LogP contribution in [0.5, 0.6) is 0 Å². The van der Waals surface area contributed by atoms with Gasteiger partial charge >= 0.3 is 5.69 Å². The molecule has 5 heteroatoms. The van der Waals surface area contributed by atoms with Crippen molar-refractivity contribution in [3.63, 3.8) is 0 Å². The van der Waals surface area contributed by atoms with Gasteiger partial charge in [0.15, 0.2) is 0 Å². The Balaban J connectivity index is 2.45. The number of fused-ring (bicyclic) bond motifs is 3. The molecule has 5 nitrogen and oxygen atoms in total. The van der Waals surface area contributed by atoms with Crippen LogP contribution in [0.1, 0.15) is 26.8 Å². The van der Waals surface area contributed by atoms with Crippen molar-refractivity contribution in [2.75, 3.05) is 0 Å². The Bertz CT molecular complexity index is 762. The highest BCUT2D eigenvalue weighted by Gasteiger charge is 2.18. The summed E-state index contributed by atoms with van der Waals surface area (Å²) in [7, 11) is 0. The molecular weight excluding hydrogens is 228 g/mol. The number of pyridine rings is 1. The lowest BCUT2D eigenvalue weighted by molar-refractivity contribution is 0.409. The Hall–Kier alpha value is -2.04.